The molecule has 0 amide bonds. The fourth-order valence-corrected chi connectivity index (χ4v) is 3.32. The van der Waals surface area contributed by atoms with Crippen molar-refractivity contribution in [3.05, 3.63) is 64.5 Å². The average molecular weight is 345 g/mol. The first-order chi connectivity index (χ1) is 9.78. The Morgan fingerprint density at radius 2 is 1.50 bits per heavy atom. The molecule has 2 aromatic carbocycles. The summed E-state index contributed by atoms with van der Waals surface area (Å²) in [6, 6.07) is 18.8. The molecule has 0 bridgehead atoms. The normalized spacial score (nSPS) is 10.5. The van der Waals surface area contributed by atoms with Gasteiger partial charge in [0.05, 0.1) is 7.11 Å². The maximum absolute atomic E-state index is 5.21. The molecule has 3 aromatic rings. The van der Waals surface area contributed by atoms with Gasteiger partial charge in [-0.1, -0.05) is 28.1 Å². The van der Waals surface area contributed by atoms with Crippen LogP contribution < -0.4 is 4.74 Å². The Hall–Kier alpha value is -1.58. The molecule has 1 nitrogen and oxygen atoms in total. The second-order valence-corrected chi connectivity index (χ2v) is 6.23. The van der Waals surface area contributed by atoms with Crippen LogP contribution in [0.4, 0.5) is 0 Å². The third kappa shape index (κ3) is 2.65. The summed E-state index contributed by atoms with van der Waals surface area (Å²) in [7, 11) is 1.69. The van der Waals surface area contributed by atoms with Crippen molar-refractivity contribution in [1.29, 1.82) is 0 Å². The quantitative estimate of drug-likeness (QED) is 0.578. The molecule has 0 saturated carbocycles. The Kier molecular flexibility index (Phi) is 3.90. The van der Waals surface area contributed by atoms with E-state index in [1.165, 1.54) is 21.6 Å². The van der Waals surface area contributed by atoms with E-state index in [-0.39, 0.29) is 0 Å². The Balaban J connectivity index is 2.02. The summed E-state index contributed by atoms with van der Waals surface area (Å²) in [5, 5.41) is 2.14. The predicted octanol–water partition coefficient (Wildman–Crippen LogP) is 5.85. The van der Waals surface area contributed by atoms with Crippen LogP contribution in [0.5, 0.6) is 5.75 Å². The van der Waals surface area contributed by atoms with Gasteiger partial charge in [0.25, 0.3) is 0 Å². The second kappa shape index (κ2) is 5.81. The van der Waals surface area contributed by atoms with Crippen molar-refractivity contribution in [2.75, 3.05) is 7.11 Å². The molecule has 0 unspecified atom stereocenters. The van der Waals surface area contributed by atoms with Gasteiger partial charge in [-0.3, -0.25) is 0 Å². The summed E-state index contributed by atoms with van der Waals surface area (Å²) in [5.74, 6) is 0.885. The fourth-order valence-electron chi connectivity index (χ4n) is 2.13. The zero-order valence-electron chi connectivity index (χ0n) is 11.0. The molecule has 3 heteroatoms. The first kappa shape index (κ1) is 13.4. The van der Waals surface area contributed by atoms with Gasteiger partial charge in [-0.25, -0.2) is 0 Å². The number of hydrogen-bond acceptors (Lipinski definition) is 2. The highest BCUT2D eigenvalue weighted by molar-refractivity contribution is 9.10. The number of ether oxygens (including phenoxy) is 1. The van der Waals surface area contributed by atoms with E-state index in [0.29, 0.717) is 0 Å². The molecule has 3 rings (SSSR count). The molecule has 20 heavy (non-hydrogen) atoms. The van der Waals surface area contributed by atoms with Gasteiger partial charge in [0.2, 0.25) is 0 Å². The molecule has 0 aliphatic carbocycles. The van der Waals surface area contributed by atoms with E-state index in [0.717, 1.165) is 10.2 Å². The van der Waals surface area contributed by atoms with Crippen LogP contribution in [0.1, 0.15) is 0 Å². The minimum Gasteiger partial charge on any atom is -0.497 e. The largest absolute Gasteiger partial charge is 0.497 e. The Morgan fingerprint density at radius 1 is 0.850 bits per heavy atom. The fraction of sp³-hybridized carbons (Fsp3) is 0.0588. The standard InChI is InChI=1S/C17H13BrOS/c1-19-15-8-4-13(5-9-15)17-16(10-11-20-17)12-2-6-14(18)7-3-12/h2-11H,1H3. The molecular formula is C17H13BrOS. The van der Waals surface area contributed by atoms with Gasteiger partial charge >= 0.3 is 0 Å². The van der Waals surface area contributed by atoms with Gasteiger partial charge < -0.3 is 4.74 Å². The monoisotopic (exact) mass is 344 g/mol. The zero-order valence-corrected chi connectivity index (χ0v) is 13.4. The Bertz CT molecular complexity index is 699. The molecular weight excluding hydrogens is 332 g/mol. The lowest BCUT2D eigenvalue weighted by atomic mass is 10.0. The van der Waals surface area contributed by atoms with E-state index >= 15 is 0 Å². The van der Waals surface area contributed by atoms with Crippen molar-refractivity contribution in [3.8, 4) is 27.3 Å². The highest BCUT2D eigenvalue weighted by Gasteiger charge is 2.09. The van der Waals surface area contributed by atoms with Crippen molar-refractivity contribution in [2.24, 2.45) is 0 Å². The molecule has 0 fully saturated rings. The van der Waals surface area contributed by atoms with Gasteiger partial charge in [0.15, 0.2) is 0 Å². The van der Waals surface area contributed by atoms with E-state index < -0.39 is 0 Å². The van der Waals surface area contributed by atoms with E-state index in [1.807, 2.05) is 12.1 Å². The van der Waals surface area contributed by atoms with Crippen molar-refractivity contribution >= 4 is 27.3 Å². The van der Waals surface area contributed by atoms with Crippen molar-refractivity contribution in [3.63, 3.8) is 0 Å². The first-order valence-electron chi connectivity index (χ1n) is 6.26. The van der Waals surface area contributed by atoms with Gasteiger partial charge in [-0.2, -0.15) is 0 Å². The predicted molar refractivity (Wildman–Crippen MR) is 89.4 cm³/mol. The molecule has 0 aliphatic rings. The Labute approximate surface area is 131 Å². The number of thiophene rings is 1. The van der Waals surface area contributed by atoms with Gasteiger partial charge in [0, 0.05) is 14.9 Å². The van der Waals surface area contributed by atoms with Crippen LogP contribution in [-0.2, 0) is 0 Å². The van der Waals surface area contributed by atoms with Crippen LogP contribution in [0.3, 0.4) is 0 Å². The SMILES string of the molecule is COc1ccc(-c2sccc2-c2ccc(Br)cc2)cc1. The van der Waals surface area contributed by atoms with Crippen molar-refractivity contribution in [2.45, 2.75) is 0 Å². The van der Waals surface area contributed by atoms with Crippen molar-refractivity contribution < 1.29 is 4.74 Å². The maximum atomic E-state index is 5.21. The number of benzene rings is 2. The van der Waals surface area contributed by atoms with E-state index in [2.05, 4.69) is 63.8 Å². The lowest BCUT2D eigenvalue weighted by Crippen LogP contribution is -1.83. The first-order valence-corrected chi connectivity index (χ1v) is 7.93. The lowest BCUT2D eigenvalue weighted by Gasteiger charge is -2.06. The number of halogens is 1. The minimum atomic E-state index is 0.885. The average Bonchev–Trinajstić information content (AvgIpc) is 2.97. The number of rotatable bonds is 3. The molecule has 0 spiro atoms. The zero-order chi connectivity index (χ0) is 13.9. The summed E-state index contributed by atoms with van der Waals surface area (Å²) in [4.78, 5) is 1.29. The molecule has 0 N–H and O–H groups in total. The molecule has 1 aromatic heterocycles. The smallest absolute Gasteiger partial charge is 0.118 e. The molecule has 0 aliphatic heterocycles. The number of methoxy groups -OCH3 is 1. The van der Waals surface area contributed by atoms with Crippen LogP contribution in [0.15, 0.2) is 64.5 Å². The highest BCUT2D eigenvalue weighted by atomic mass is 79.9. The van der Waals surface area contributed by atoms with Crippen LogP contribution in [0.2, 0.25) is 0 Å². The van der Waals surface area contributed by atoms with Crippen LogP contribution >= 0.6 is 27.3 Å². The van der Waals surface area contributed by atoms with Gasteiger partial charge in [-0.15, -0.1) is 11.3 Å². The summed E-state index contributed by atoms with van der Waals surface area (Å²) in [6.45, 7) is 0. The summed E-state index contributed by atoms with van der Waals surface area (Å²) in [5.41, 5.74) is 3.73. The van der Waals surface area contributed by atoms with E-state index in [9.17, 15) is 0 Å². The van der Waals surface area contributed by atoms with E-state index in [1.54, 1.807) is 18.4 Å². The topological polar surface area (TPSA) is 9.23 Å². The summed E-state index contributed by atoms with van der Waals surface area (Å²) >= 11 is 5.24. The van der Waals surface area contributed by atoms with Crippen LogP contribution in [0.25, 0.3) is 21.6 Å². The van der Waals surface area contributed by atoms with Crippen LogP contribution in [0, 0.1) is 0 Å². The number of hydrogen-bond donors (Lipinski definition) is 0. The summed E-state index contributed by atoms with van der Waals surface area (Å²) in [6.07, 6.45) is 0. The lowest BCUT2D eigenvalue weighted by molar-refractivity contribution is 0.415. The van der Waals surface area contributed by atoms with Crippen LogP contribution in [-0.4, -0.2) is 7.11 Å². The minimum absolute atomic E-state index is 0.885. The van der Waals surface area contributed by atoms with Gasteiger partial charge in [-0.05, 0) is 59.0 Å². The molecule has 0 saturated heterocycles. The molecule has 0 atom stereocenters. The second-order valence-electron chi connectivity index (χ2n) is 4.40. The molecule has 100 valence electrons. The Morgan fingerprint density at radius 3 is 2.15 bits per heavy atom. The molecule has 1 heterocycles. The summed E-state index contributed by atoms with van der Waals surface area (Å²) < 4.78 is 6.31. The third-order valence-corrected chi connectivity index (χ3v) is 4.66. The highest BCUT2D eigenvalue weighted by Crippen LogP contribution is 2.37. The van der Waals surface area contributed by atoms with Gasteiger partial charge in [0.1, 0.15) is 5.75 Å². The van der Waals surface area contributed by atoms with Crippen molar-refractivity contribution in [1.82, 2.24) is 0 Å². The van der Waals surface area contributed by atoms with E-state index in [4.69, 9.17) is 4.74 Å². The molecule has 0 radical (unpaired) electrons. The maximum Gasteiger partial charge on any atom is 0.118 e. The third-order valence-electron chi connectivity index (χ3n) is 3.17.